The lowest BCUT2D eigenvalue weighted by atomic mass is 9.95. The predicted octanol–water partition coefficient (Wildman–Crippen LogP) is 0.910. The van der Waals surface area contributed by atoms with Gasteiger partial charge in [0, 0.05) is 31.5 Å². The van der Waals surface area contributed by atoms with E-state index in [0.29, 0.717) is 25.4 Å². The first-order valence-electron chi connectivity index (χ1n) is 7.40. The predicted molar refractivity (Wildman–Crippen MR) is 80.6 cm³/mol. The average Bonchev–Trinajstić information content (AvgIpc) is 2.98. The van der Waals surface area contributed by atoms with Crippen LogP contribution >= 0.6 is 12.4 Å². The molecule has 116 valence electrons. The lowest BCUT2D eigenvalue weighted by molar-refractivity contribution is -0.130. The lowest BCUT2D eigenvalue weighted by Crippen LogP contribution is -2.45. The molecule has 0 aromatic carbocycles. The second-order valence-corrected chi connectivity index (χ2v) is 5.89. The minimum atomic E-state index is 0. The van der Waals surface area contributed by atoms with Crippen molar-refractivity contribution in [1.82, 2.24) is 10.2 Å². The van der Waals surface area contributed by atoms with E-state index in [2.05, 4.69) is 5.32 Å². The molecule has 1 heterocycles. The second kappa shape index (κ2) is 7.84. The van der Waals surface area contributed by atoms with Gasteiger partial charge in [-0.05, 0) is 38.6 Å². The van der Waals surface area contributed by atoms with Crippen LogP contribution in [0.5, 0.6) is 0 Å². The van der Waals surface area contributed by atoms with Gasteiger partial charge in [-0.3, -0.25) is 9.59 Å². The summed E-state index contributed by atoms with van der Waals surface area (Å²) in [6.45, 7) is 4.02. The molecule has 3 atom stereocenters. The zero-order valence-corrected chi connectivity index (χ0v) is 13.0. The Balaban J connectivity index is 0.00000200. The Labute approximate surface area is 127 Å². The van der Waals surface area contributed by atoms with Crippen LogP contribution in [0.25, 0.3) is 0 Å². The van der Waals surface area contributed by atoms with Crippen LogP contribution in [-0.2, 0) is 9.59 Å². The fourth-order valence-electron chi connectivity index (χ4n) is 3.29. The van der Waals surface area contributed by atoms with Gasteiger partial charge in [0.05, 0.1) is 0 Å². The molecule has 1 saturated heterocycles. The fourth-order valence-corrected chi connectivity index (χ4v) is 3.29. The van der Waals surface area contributed by atoms with E-state index >= 15 is 0 Å². The van der Waals surface area contributed by atoms with Crippen LogP contribution in [0.15, 0.2) is 0 Å². The van der Waals surface area contributed by atoms with Crippen LogP contribution in [0.1, 0.15) is 39.0 Å². The Morgan fingerprint density at radius 2 is 2.20 bits per heavy atom. The highest BCUT2D eigenvalue weighted by atomic mass is 35.5. The first-order valence-corrected chi connectivity index (χ1v) is 7.40. The Hall–Kier alpha value is -0.810. The van der Waals surface area contributed by atoms with Crippen molar-refractivity contribution in [3.05, 3.63) is 0 Å². The Morgan fingerprint density at radius 1 is 1.45 bits per heavy atom. The molecule has 3 N–H and O–H groups in total. The van der Waals surface area contributed by atoms with Gasteiger partial charge < -0.3 is 16.0 Å². The summed E-state index contributed by atoms with van der Waals surface area (Å²) in [4.78, 5) is 25.6. The maximum atomic E-state index is 12.2. The summed E-state index contributed by atoms with van der Waals surface area (Å²) < 4.78 is 0. The first-order chi connectivity index (χ1) is 9.11. The molecular formula is C14H26ClN3O2. The molecule has 0 spiro atoms. The number of likely N-dealkylation sites (tertiary alicyclic amines) is 1. The van der Waals surface area contributed by atoms with Crippen molar-refractivity contribution in [2.75, 3.05) is 19.6 Å². The third-order valence-corrected chi connectivity index (χ3v) is 4.35. The highest BCUT2D eigenvalue weighted by molar-refractivity contribution is 5.85. The van der Waals surface area contributed by atoms with Crippen molar-refractivity contribution in [3.8, 4) is 0 Å². The van der Waals surface area contributed by atoms with Crippen LogP contribution in [-0.4, -0.2) is 42.4 Å². The van der Waals surface area contributed by atoms with Crippen molar-refractivity contribution < 1.29 is 9.59 Å². The average molecular weight is 304 g/mol. The number of rotatable bonds is 5. The molecule has 0 bridgehead atoms. The number of nitrogens with zero attached hydrogens (tertiary/aromatic N) is 1. The van der Waals surface area contributed by atoms with E-state index < -0.39 is 0 Å². The molecule has 2 fully saturated rings. The fraction of sp³-hybridized carbons (Fsp3) is 0.857. The zero-order valence-electron chi connectivity index (χ0n) is 12.1. The standard InChI is InChI=1S/C14H25N3O2.ClH/c1-10(9-17-7-3-6-13(17)18)16-14(19)12-5-2-4-11(12)8-15;/h10-12H,2-9,15H2,1H3,(H,16,19);1H/t10?,11-,12-;/m1./s1. The smallest absolute Gasteiger partial charge is 0.223 e. The maximum Gasteiger partial charge on any atom is 0.223 e. The first kappa shape index (κ1) is 17.2. The molecule has 20 heavy (non-hydrogen) atoms. The molecule has 0 aromatic rings. The zero-order chi connectivity index (χ0) is 13.8. The van der Waals surface area contributed by atoms with E-state index in [1.165, 1.54) is 0 Å². The minimum absolute atomic E-state index is 0. The summed E-state index contributed by atoms with van der Waals surface area (Å²) in [6, 6.07) is 0.0218. The molecule has 2 rings (SSSR count). The van der Waals surface area contributed by atoms with Crippen molar-refractivity contribution in [3.63, 3.8) is 0 Å². The Kier molecular flexibility index (Phi) is 6.76. The number of nitrogens with two attached hydrogens (primary N) is 1. The Morgan fingerprint density at radius 3 is 2.80 bits per heavy atom. The largest absolute Gasteiger partial charge is 0.352 e. The van der Waals surface area contributed by atoms with Crippen LogP contribution in [0, 0.1) is 11.8 Å². The monoisotopic (exact) mass is 303 g/mol. The van der Waals surface area contributed by atoms with E-state index in [1.54, 1.807) is 0 Å². The molecule has 0 aromatic heterocycles. The summed E-state index contributed by atoms with van der Waals surface area (Å²) in [6.07, 6.45) is 4.70. The number of carbonyl (C=O) groups excluding carboxylic acids is 2. The maximum absolute atomic E-state index is 12.2. The third kappa shape index (κ3) is 4.09. The van der Waals surface area contributed by atoms with E-state index in [4.69, 9.17) is 5.73 Å². The molecule has 1 saturated carbocycles. The number of hydrogen-bond donors (Lipinski definition) is 2. The minimum Gasteiger partial charge on any atom is -0.352 e. The highest BCUT2D eigenvalue weighted by Gasteiger charge is 2.32. The Bertz CT molecular complexity index is 351. The number of hydrogen-bond acceptors (Lipinski definition) is 3. The van der Waals surface area contributed by atoms with Crippen molar-refractivity contribution in [2.24, 2.45) is 17.6 Å². The molecular weight excluding hydrogens is 278 g/mol. The van der Waals surface area contributed by atoms with Crippen LogP contribution in [0.3, 0.4) is 0 Å². The molecule has 2 amide bonds. The topological polar surface area (TPSA) is 75.4 Å². The van der Waals surface area contributed by atoms with Gasteiger partial charge in [-0.1, -0.05) is 6.42 Å². The van der Waals surface area contributed by atoms with Gasteiger partial charge in [0.2, 0.25) is 11.8 Å². The molecule has 1 unspecified atom stereocenters. The van der Waals surface area contributed by atoms with Crippen LogP contribution < -0.4 is 11.1 Å². The summed E-state index contributed by atoms with van der Waals surface area (Å²) in [5.74, 6) is 0.733. The normalized spacial score (nSPS) is 27.3. The lowest BCUT2D eigenvalue weighted by Gasteiger charge is -2.24. The van der Waals surface area contributed by atoms with Crippen molar-refractivity contribution in [2.45, 2.75) is 45.1 Å². The summed E-state index contributed by atoms with van der Waals surface area (Å²) >= 11 is 0. The second-order valence-electron chi connectivity index (χ2n) is 5.89. The molecule has 1 aliphatic heterocycles. The summed E-state index contributed by atoms with van der Waals surface area (Å²) in [7, 11) is 0. The molecule has 2 aliphatic rings. The number of halogens is 1. The van der Waals surface area contributed by atoms with Crippen LogP contribution in [0.4, 0.5) is 0 Å². The quantitative estimate of drug-likeness (QED) is 0.793. The molecule has 6 heteroatoms. The van der Waals surface area contributed by atoms with Gasteiger partial charge in [-0.25, -0.2) is 0 Å². The molecule has 1 aliphatic carbocycles. The van der Waals surface area contributed by atoms with E-state index in [-0.39, 0.29) is 36.2 Å². The van der Waals surface area contributed by atoms with Crippen molar-refractivity contribution in [1.29, 1.82) is 0 Å². The van der Waals surface area contributed by atoms with E-state index in [0.717, 1.165) is 32.2 Å². The number of carbonyl (C=O) groups is 2. The molecule has 5 nitrogen and oxygen atoms in total. The van der Waals surface area contributed by atoms with Gasteiger partial charge in [0.1, 0.15) is 0 Å². The van der Waals surface area contributed by atoms with Gasteiger partial charge in [-0.2, -0.15) is 0 Å². The third-order valence-electron chi connectivity index (χ3n) is 4.35. The summed E-state index contributed by atoms with van der Waals surface area (Å²) in [5, 5.41) is 3.05. The van der Waals surface area contributed by atoms with Crippen molar-refractivity contribution >= 4 is 24.2 Å². The van der Waals surface area contributed by atoms with Gasteiger partial charge in [0.15, 0.2) is 0 Å². The van der Waals surface area contributed by atoms with E-state index in [1.807, 2.05) is 11.8 Å². The van der Waals surface area contributed by atoms with E-state index in [9.17, 15) is 9.59 Å². The van der Waals surface area contributed by atoms with Gasteiger partial charge >= 0.3 is 0 Å². The highest BCUT2D eigenvalue weighted by Crippen LogP contribution is 2.31. The number of nitrogens with one attached hydrogen (secondary N) is 1. The number of amides is 2. The molecule has 0 radical (unpaired) electrons. The van der Waals surface area contributed by atoms with Gasteiger partial charge in [0.25, 0.3) is 0 Å². The van der Waals surface area contributed by atoms with Gasteiger partial charge in [-0.15, -0.1) is 12.4 Å². The SMILES string of the molecule is CC(CN1CCCC1=O)NC(=O)[C@@H]1CCC[C@@H]1CN.Cl. The van der Waals surface area contributed by atoms with Crippen LogP contribution in [0.2, 0.25) is 0 Å². The summed E-state index contributed by atoms with van der Waals surface area (Å²) in [5.41, 5.74) is 5.71.